The Labute approximate surface area is 117 Å². The van der Waals surface area contributed by atoms with Crippen LogP contribution in [-0.2, 0) is 0 Å². The molecule has 0 aliphatic carbocycles. The smallest absolute Gasteiger partial charge is 0.258 e. The minimum absolute atomic E-state index is 0.0881. The molecule has 0 aliphatic heterocycles. The topological polar surface area (TPSA) is 81.0 Å². The van der Waals surface area contributed by atoms with Crippen molar-refractivity contribution in [1.29, 1.82) is 0 Å². The third-order valence-corrected chi connectivity index (χ3v) is 2.91. The Hall–Kier alpha value is -2.96. The second-order valence-electron chi connectivity index (χ2n) is 4.29. The molecule has 0 radical (unpaired) electrons. The monoisotopic (exact) mass is 289 g/mol. The number of nitrogens with zero attached hydrogens (tertiary/aromatic N) is 1. The molecule has 3 rings (SSSR count). The lowest BCUT2D eigenvalue weighted by Crippen LogP contribution is -2.07. The summed E-state index contributed by atoms with van der Waals surface area (Å²) < 4.78 is 32.0. The van der Waals surface area contributed by atoms with Crippen molar-refractivity contribution in [2.45, 2.75) is 0 Å². The number of aromatic amines is 1. The molecule has 0 spiro atoms. The fourth-order valence-electron chi connectivity index (χ4n) is 1.88. The van der Waals surface area contributed by atoms with Gasteiger partial charge in [-0.1, -0.05) is 6.07 Å². The van der Waals surface area contributed by atoms with Crippen LogP contribution in [0.25, 0.3) is 10.9 Å². The van der Waals surface area contributed by atoms with Gasteiger partial charge < -0.3 is 15.5 Å². The molecule has 0 aliphatic rings. The molecule has 0 atom stereocenters. The summed E-state index contributed by atoms with van der Waals surface area (Å²) in [5.41, 5.74) is 5.87. The minimum atomic E-state index is -1.11. The van der Waals surface area contributed by atoms with Gasteiger partial charge in [-0.25, -0.2) is 9.37 Å². The van der Waals surface area contributed by atoms with E-state index in [1.165, 1.54) is 30.6 Å². The molecule has 106 valence electrons. The number of anilines is 1. The standard InChI is InChI=1S/C14H9F2N3O2/c15-8-2-1-3-11(13(8)16)21-12-5-10-7(4-9(12)17)14(20)19-6-18-10/h1-6H,17H2,(H,18,19,20). The molecular weight excluding hydrogens is 280 g/mol. The molecule has 5 nitrogen and oxygen atoms in total. The number of nitrogen functional groups attached to an aromatic ring is 1. The Morgan fingerprint density at radius 1 is 1.19 bits per heavy atom. The van der Waals surface area contributed by atoms with E-state index in [2.05, 4.69) is 9.97 Å². The number of nitrogens with one attached hydrogen (secondary N) is 1. The second kappa shape index (κ2) is 4.86. The van der Waals surface area contributed by atoms with Crippen LogP contribution >= 0.6 is 0 Å². The van der Waals surface area contributed by atoms with E-state index in [9.17, 15) is 13.6 Å². The molecule has 3 N–H and O–H groups in total. The van der Waals surface area contributed by atoms with Crippen LogP contribution in [0.2, 0.25) is 0 Å². The first-order valence-corrected chi connectivity index (χ1v) is 5.95. The van der Waals surface area contributed by atoms with Crippen molar-refractivity contribution in [3.05, 3.63) is 58.6 Å². The highest BCUT2D eigenvalue weighted by molar-refractivity contribution is 5.84. The third-order valence-electron chi connectivity index (χ3n) is 2.91. The zero-order valence-electron chi connectivity index (χ0n) is 10.6. The normalized spacial score (nSPS) is 10.8. The van der Waals surface area contributed by atoms with E-state index in [1.807, 2.05) is 0 Å². The summed E-state index contributed by atoms with van der Waals surface area (Å²) in [4.78, 5) is 18.0. The van der Waals surface area contributed by atoms with Crippen LogP contribution in [0.5, 0.6) is 11.5 Å². The van der Waals surface area contributed by atoms with Gasteiger partial charge in [0.1, 0.15) is 0 Å². The number of hydrogen-bond acceptors (Lipinski definition) is 4. The van der Waals surface area contributed by atoms with E-state index >= 15 is 0 Å². The second-order valence-corrected chi connectivity index (χ2v) is 4.29. The van der Waals surface area contributed by atoms with E-state index < -0.39 is 11.6 Å². The third kappa shape index (κ3) is 2.29. The summed E-state index contributed by atoms with van der Waals surface area (Å²) in [5, 5.41) is 0.280. The average Bonchev–Trinajstić information content (AvgIpc) is 2.46. The molecule has 1 heterocycles. The van der Waals surface area contributed by atoms with Gasteiger partial charge in [-0.3, -0.25) is 4.79 Å². The number of benzene rings is 2. The predicted molar refractivity (Wildman–Crippen MR) is 73.2 cm³/mol. The fourth-order valence-corrected chi connectivity index (χ4v) is 1.88. The van der Waals surface area contributed by atoms with Gasteiger partial charge >= 0.3 is 0 Å². The van der Waals surface area contributed by atoms with Crippen molar-refractivity contribution in [2.75, 3.05) is 5.73 Å². The first-order valence-electron chi connectivity index (χ1n) is 5.95. The molecule has 0 saturated heterocycles. The van der Waals surface area contributed by atoms with Gasteiger partial charge in [-0.15, -0.1) is 0 Å². The van der Waals surface area contributed by atoms with Crippen LogP contribution in [0, 0.1) is 11.6 Å². The summed E-state index contributed by atoms with van der Waals surface area (Å²) in [6.45, 7) is 0. The molecular formula is C14H9F2N3O2. The van der Waals surface area contributed by atoms with Gasteiger partial charge in [0.15, 0.2) is 17.3 Å². The number of rotatable bonds is 2. The van der Waals surface area contributed by atoms with Crippen LogP contribution in [-0.4, -0.2) is 9.97 Å². The lowest BCUT2D eigenvalue weighted by atomic mass is 10.2. The first kappa shape index (κ1) is 13.0. The lowest BCUT2D eigenvalue weighted by molar-refractivity contribution is 0.417. The van der Waals surface area contributed by atoms with Crippen LogP contribution in [0.4, 0.5) is 14.5 Å². The molecule has 1 aromatic heterocycles. The zero-order valence-corrected chi connectivity index (χ0v) is 10.6. The number of H-pyrrole nitrogens is 1. The maximum atomic E-state index is 13.6. The fraction of sp³-hybridized carbons (Fsp3) is 0. The van der Waals surface area contributed by atoms with Crippen molar-refractivity contribution in [2.24, 2.45) is 0 Å². The molecule has 21 heavy (non-hydrogen) atoms. The molecule has 0 unspecified atom stereocenters. The largest absolute Gasteiger partial charge is 0.452 e. The summed E-state index contributed by atoms with van der Waals surface area (Å²) in [6, 6.07) is 6.33. The molecule has 0 amide bonds. The molecule has 0 saturated carbocycles. The van der Waals surface area contributed by atoms with Gasteiger partial charge in [0, 0.05) is 6.07 Å². The van der Waals surface area contributed by atoms with Crippen LogP contribution in [0.1, 0.15) is 0 Å². The highest BCUT2D eigenvalue weighted by Gasteiger charge is 2.13. The SMILES string of the molecule is Nc1cc2c(=O)[nH]cnc2cc1Oc1cccc(F)c1F. The van der Waals surface area contributed by atoms with Crippen molar-refractivity contribution in [3.8, 4) is 11.5 Å². The lowest BCUT2D eigenvalue weighted by Gasteiger charge is -2.10. The average molecular weight is 289 g/mol. The molecule has 0 bridgehead atoms. The summed E-state index contributed by atoms with van der Waals surface area (Å²) in [7, 11) is 0. The Kier molecular flexibility index (Phi) is 3.02. The predicted octanol–water partition coefficient (Wildman–Crippen LogP) is 2.58. The van der Waals surface area contributed by atoms with Gasteiger partial charge in [0.2, 0.25) is 5.82 Å². The number of nitrogens with two attached hydrogens (primary N) is 1. The summed E-state index contributed by atoms with van der Waals surface area (Å²) in [6.07, 6.45) is 1.23. The highest BCUT2D eigenvalue weighted by atomic mass is 19.2. The first-order chi connectivity index (χ1) is 10.1. The maximum Gasteiger partial charge on any atom is 0.258 e. The van der Waals surface area contributed by atoms with Gasteiger partial charge in [-0.05, 0) is 18.2 Å². The number of halogens is 2. The Morgan fingerprint density at radius 2 is 2.00 bits per heavy atom. The number of fused-ring (bicyclic) bond motifs is 1. The van der Waals surface area contributed by atoms with E-state index in [4.69, 9.17) is 10.5 Å². The van der Waals surface area contributed by atoms with Crippen molar-refractivity contribution < 1.29 is 13.5 Å². The van der Waals surface area contributed by atoms with Crippen molar-refractivity contribution in [1.82, 2.24) is 9.97 Å². The van der Waals surface area contributed by atoms with E-state index in [-0.39, 0.29) is 28.1 Å². The number of hydrogen-bond donors (Lipinski definition) is 2. The Balaban J connectivity index is 2.11. The Bertz CT molecular complexity index is 893. The van der Waals surface area contributed by atoms with Crippen molar-refractivity contribution >= 4 is 16.6 Å². The minimum Gasteiger partial charge on any atom is -0.452 e. The quantitative estimate of drug-likeness (QED) is 0.710. The van der Waals surface area contributed by atoms with Gasteiger partial charge in [0.05, 0.1) is 22.9 Å². The maximum absolute atomic E-state index is 13.6. The zero-order chi connectivity index (χ0) is 15.0. The summed E-state index contributed by atoms with van der Waals surface area (Å²) in [5.74, 6) is -2.35. The van der Waals surface area contributed by atoms with E-state index in [1.54, 1.807) is 0 Å². The van der Waals surface area contributed by atoms with E-state index in [0.717, 1.165) is 6.07 Å². The number of ether oxygens (including phenoxy) is 1. The number of aromatic nitrogens is 2. The Morgan fingerprint density at radius 3 is 2.81 bits per heavy atom. The highest BCUT2D eigenvalue weighted by Crippen LogP contribution is 2.32. The summed E-state index contributed by atoms with van der Waals surface area (Å²) >= 11 is 0. The molecule has 3 aromatic rings. The van der Waals surface area contributed by atoms with Crippen LogP contribution in [0.3, 0.4) is 0 Å². The molecule has 7 heteroatoms. The van der Waals surface area contributed by atoms with Crippen molar-refractivity contribution in [3.63, 3.8) is 0 Å². The molecule has 2 aromatic carbocycles. The van der Waals surface area contributed by atoms with Gasteiger partial charge in [0.25, 0.3) is 5.56 Å². The molecule has 0 fully saturated rings. The van der Waals surface area contributed by atoms with Gasteiger partial charge in [-0.2, -0.15) is 4.39 Å². The van der Waals surface area contributed by atoms with E-state index in [0.29, 0.717) is 5.52 Å². The van der Waals surface area contributed by atoms with Crippen LogP contribution in [0.15, 0.2) is 41.5 Å². The van der Waals surface area contributed by atoms with Crippen LogP contribution < -0.4 is 16.0 Å².